The number of nitrogens with zero attached hydrogens (tertiary/aromatic N) is 4. The Morgan fingerprint density at radius 3 is 2.94 bits per heavy atom. The molecule has 3 rings (SSSR count). The SMILES string of the molecule is CSc1ncc2ccc(N3CCC(C)C3)nc2n1. The van der Waals surface area contributed by atoms with E-state index in [-0.39, 0.29) is 0 Å². The molecule has 18 heavy (non-hydrogen) atoms. The summed E-state index contributed by atoms with van der Waals surface area (Å²) >= 11 is 1.55. The first-order chi connectivity index (χ1) is 8.76. The van der Waals surface area contributed by atoms with Crippen LogP contribution in [0.5, 0.6) is 0 Å². The van der Waals surface area contributed by atoms with Crippen molar-refractivity contribution in [1.29, 1.82) is 0 Å². The molecule has 1 aliphatic rings. The Bertz CT molecular complexity index is 572. The molecular weight excluding hydrogens is 244 g/mol. The number of hydrogen-bond acceptors (Lipinski definition) is 5. The van der Waals surface area contributed by atoms with E-state index in [2.05, 4.69) is 38.9 Å². The molecule has 3 heterocycles. The standard InChI is InChI=1S/C13H16N4S/c1-9-5-6-17(8-9)11-4-3-10-7-14-13(18-2)16-12(10)15-11/h3-4,7,9H,5-6,8H2,1-2H3. The predicted molar refractivity (Wildman–Crippen MR) is 75.1 cm³/mol. The minimum atomic E-state index is 0.759. The fourth-order valence-corrected chi connectivity index (χ4v) is 2.64. The Labute approximate surface area is 111 Å². The molecular formula is C13H16N4S. The highest BCUT2D eigenvalue weighted by molar-refractivity contribution is 7.98. The lowest BCUT2D eigenvalue weighted by atomic mass is 10.2. The zero-order valence-electron chi connectivity index (χ0n) is 10.6. The molecule has 0 aromatic carbocycles. The Kier molecular flexibility index (Phi) is 3.07. The highest BCUT2D eigenvalue weighted by Crippen LogP contribution is 2.23. The summed E-state index contributed by atoms with van der Waals surface area (Å²) in [7, 11) is 0. The van der Waals surface area contributed by atoms with Gasteiger partial charge in [0.05, 0.1) is 0 Å². The molecule has 0 bridgehead atoms. The molecule has 2 aromatic heterocycles. The second-order valence-electron chi connectivity index (χ2n) is 4.78. The number of hydrogen-bond donors (Lipinski definition) is 0. The van der Waals surface area contributed by atoms with Crippen molar-refractivity contribution in [3.63, 3.8) is 0 Å². The summed E-state index contributed by atoms with van der Waals surface area (Å²) in [6.45, 7) is 4.48. The van der Waals surface area contributed by atoms with Crippen molar-refractivity contribution in [1.82, 2.24) is 15.0 Å². The van der Waals surface area contributed by atoms with Gasteiger partial charge in [-0.2, -0.15) is 0 Å². The van der Waals surface area contributed by atoms with Crippen molar-refractivity contribution in [3.8, 4) is 0 Å². The summed E-state index contributed by atoms with van der Waals surface area (Å²) in [5.74, 6) is 1.80. The number of thioether (sulfide) groups is 1. The quantitative estimate of drug-likeness (QED) is 0.613. The van der Waals surface area contributed by atoms with Crippen LogP contribution >= 0.6 is 11.8 Å². The molecule has 2 aromatic rings. The van der Waals surface area contributed by atoms with E-state index in [9.17, 15) is 0 Å². The molecule has 0 aliphatic carbocycles. The minimum absolute atomic E-state index is 0.759. The lowest BCUT2D eigenvalue weighted by Crippen LogP contribution is -2.20. The maximum Gasteiger partial charge on any atom is 0.189 e. The summed E-state index contributed by atoms with van der Waals surface area (Å²) in [4.78, 5) is 15.7. The van der Waals surface area contributed by atoms with Crippen LogP contribution in [0.25, 0.3) is 11.0 Å². The summed E-state index contributed by atoms with van der Waals surface area (Å²) < 4.78 is 0. The summed E-state index contributed by atoms with van der Waals surface area (Å²) in [5, 5.41) is 1.78. The van der Waals surface area contributed by atoms with E-state index in [0.717, 1.165) is 41.0 Å². The second-order valence-corrected chi connectivity index (χ2v) is 5.55. The van der Waals surface area contributed by atoms with Gasteiger partial charge < -0.3 is 4.90 Å². The number of fused-ring (bicyclic) bond motifs is 1. The van der Waals surface area contributed by atoms with Crippen LogP contribution in [-0.2, 0) is 0 Å². The molecule has 0 spiro atoms. The Morgan fingerprint density at radius 1 is 1.33 bits per heavy atom. The highest BCUT2D eigenvalue weighted by Gasteiger charge is 2.20. The third kappa shape index (κ3) is 2.14. The van der Waals surface area contributed by atoms with Crippen molar-refractivity contribution in [2.75, 3.05) is 24.2 Å². The molecule has 0 N–H and O–H groups in total. The Balaban J connectivity index is 1.99. The van der Waals surface area contributed by atoms with Gasteiger partial charge in [-0.1, -0.05) is 18.7 Å². The molecule has 94 valence electrons. The van der Waals surface area contributed by atoms with Crippen molar-refractivity contribution in [2.45, 2.75) is 18.5 Å². The lowest BCUT2D eigenvalue weighted by molar-refractivity contribution is 0.659. The molecule has 0 amide bonds. The zero-order chi connectivity index (χ0) is 12.5. The van der Waals surface area contributed by atoms with E-state index in [1.54, 1.807) is 11.8 Å². The largest absolute Gasteiger partial charge is 0.356 e. The monoisotopic (exact) mass is 260 g/mol. The van der Waals surface area contributed by atoms with Gasteiger partial charge in [0.1, 0.15) is 5.82 Å². The first-order valence-corrected chi connectivity index (χ1v) is 7.41. The van der Waals surface area contributed by atoms with Crippen LogP contribution in [0, 0.1) is 5.92 Å². The molecule has 0 saturated carbocycles. The van der Waals surface area contributed by atoms with Gasteiger partial charge in [-0.15, -0.1) is 0 Å². The van der Waals surface area contributed by atoms with Gasteiger partial charge in [0.15, 0.2) is 10.8 Å². The van der Waals surface area contributed by atoms with Crippen molar-refractivity contribution in [3.05, 3.63) is 18.3 Å². The Morgan fingerprint density at radius 2 is 2.22 bits per heavy atom. The van der Waals surface area contributed by atoms with E-state index in [4.69, 9.17) is 0 Å². The van der Waals surface area contributed by atoms with E-state index < -0.39 is 0 Å². The van der Waals surface area contributed by atoms with Crippen molar-refractivity contribution >= 4 is 28.6 Å². The average Bonchev–Trinajstić information content (AvgIpc) is 2.84. The van der Waals surface area contributed by atoms with Gasteiger partial charge in [0, 0.05) is 24.7 Å². The molecule has 1 atom stereocenters. The maximum absolute atomic E-state index is 4.66. The van der Waals surface area contributed by atoms with Crippen molar-refractivity contribution < 1.29 is 0 Å². The van der Waals surface area contributed by atoms with Crippen LogP contribution in [0.3, 0.4) is 0 Å². The van der Waals surface area contributed by atoms with Gasteiger partial charge in [0.2, 0.25) is 0 Å². The normalized spacial score (nSPS) is 19.7. The van der Waals surface area contributed by atoms with Gasteiger partial charge in [-0.25, -0.2) is 15.0 Å². The van der Waals surface area contributed by atoms with Crippen LogP contribution in [-0.4, -0.2) is 34.3 Å². The first kappa shape index (κ1) is 11.7. The van der Waals surface area contributed by atoms with Crippen LogP contribution in [0.4, 0.5) is 5.82 Å². The molecule has 1 saturated heterocycles. The van der Waals surface area contributed by atoms with Crippen LogP contribution in [0.2, 0.25) is 0 Å². The second kappa shape index (κ2) is 4.72. The number of pyridine rings is 1. The third-order valence-electron chi connectivity index (χ3n) is 3.34. The average molecular weight is 260 g/mol. The van der Waals surface area contributed by atoms with Gasteiger partial charge in [-0.3, -0.25) is 0 Å². The lowest BCUT2D eigenvalue weighted by Gasteiger charge is -2.16. The smallest absolute Gasteiger partial charge is 0.189 e. The van der Waals surface area contributed by atoms with Gasteiger partial charge in [-0.05, 0) is 30.7 Å². The molecule has 4 nitrogen and oxygen atoms in total. The fraction of sp³-hybridized carbons (Fsp3) is 0.462. The van der Waals surface area contributed by atoms with Crippen LogP contribution < -0.4 is 4.90 Å². The van der Waals surface area contributed by atoms with Crippen molar-refractivity contribution in [2.24, 2.45) is 5.92 Å². The summed E-state index contributed by atoms with van der Waals surface area (Å²) in [6.07, 6.45) is 5.07. The Hall–Kier alpha value is -1.36. The molecule has 1 unspecified atom stereocenters. The number of aromatic nitrogens is 3. The fourth-order valence-electron chi connectivity index (χ4n) is 2.30. The third-order valence-corrected chi connectivity index (χ3v) is 3.90. The highest BCUT2D eigenvalue weighted by atomic mass is 32.2. The van der Waals surface area contributed by atoms with Gasteiger partial charge >= 0.3 is 0 Å². The molecule has 1 aliphatic heterocycles. The summed E-state index contributed by atoms with van der Waals surface area (Å²) in [5.41, 5.74) is 0.798. The van der Waals surface area contributed by atoms with Crippen LogP contribution in [0.15, 0.2) is 23.5 Å². The van der Waals surface area contributed by atoms with E-state index in [1.165, 1.54) is 6.42 Å². The minimum Gasteiger partial charge on any atom is -0.356 e. The zero-order valence-corrected chi connectivity index (χ0v) is 11.4. The van der Waals surface area contributed by atoms with E-state index in [1.807, 2.05) is 12.5 Å². The molecule has 1 fully saturated rings. The predicted octanol–water partition coefficient (Wildman–Crippen LogP) is 2.59. The van der Waals surface area contributed by atoms with Gasteiger partial charge in [0.25, 0.3) is 0 Å². The molecule has 5 heteroatoms. The van der Waals surface area contributed by atoms with E-state index >= 15 is 0 Å². The first-order valence-electron chi connectivity index (χ1n) is 6.19. The molecule has 0 radical (unpaired) electrons. The topological polar surface area (TPSA) is 41.9 Å². The van der Waals surface area contributed by atoms with Crippen LogP contribution in [0.1, 0.15) is 13.3 Å². The van der Waals surface area contributed by atoms with E-state index in [0.29, 0.717) is 0 Å². The maximum atomic E-state index is 4.66. The number of anilines is 1. The number of rotatable bonds is 2. The summed E-state index contributed by atoms with van der Waals surface area (Å²) in [6, 6.07) is 4.13.